The van der Waals surface area contributed by atoms with E-state index in [1.165, 1.54) is 0 Å². The standard InChI is InChI=1S/C12F10.BH3/c13-3-1(4(14)8(18)11(21)7(3)17)2-5(15)9(19)12(22)10(20)6(2)16;/h;1H3. The monoisotopic (exact) mass is 348 g/mol. The second kappa shape index (κ2) is 6.13. The van der Waals surface area contributed by atoms with E-state index in [1.807, 2.05) is 0 Å². The SMILES string of the molecule is B.Fc1c(F)c(F)c(-c2c(F)c(F)c(F)c(F)c2F)c(F)c1F. The summed E-state index contributed by atoms with van der Waals surface area (Å²) in [6.45, 7) is 0. The molecule has 0 N–H and O–H groups in total. The molecule has 2 aromatic rings. The molecule has 0 nitrogen and oxygen atoms in total. The van der Waals surface area contributed by atoms with Gasteiger partial charge in [-0.15, -0.1) is 0 Å². The minimum atomic E-state index is -2.68. The molecule has 23 heavy (non-hydrogen) atoms. The zero-order chi connectivity index (χ0) is 16.9. The molecule has 0 aliphatic rings. The van der Waals surface area contributed by atoms with Crippen LogP contribution in [0.2, 0.25) is 0 Å². The van der Waals surface area contributed by atoms with Gasteiger partial charge in [-0.3, -0.25) is 0 Å². The first-order valence-corrected chi connectivity index (χ1v) is 5.14. The van der Waals surface area contributed by atoms with Gasteiger partial charge in [0.05, 0.1) is 19.5 Å². The Kier molecular flexibility index (Phi) is 5.02. The Labute approximate surface area is 122 Å². The minimum absolute atomic E-state index is 0. The Bertz CT molecular complexity index is 676. The molecule has 0 aliphatic heterocycles. The van der Waals surface area contributed by atoms with Crippen molar-refractivity contribution in [2.45, 2.75) is 0 Å². The molecule has 0 spiro atoms. The fraction of sp³-hybridized carbons (Fsp3) is 0. The van der Waals surface area contributed by atoms with Crippen LogP contribution in [0.3, 0.4) is 0 Å². The van der Waals surface area contributed by atoms with Crippen molar-refractivity contribution in [3.05, 3.63) is 58.2 Å². The Morgan fingerprint density at radius 3 is 0.565 bits per heavy atom. The van der Waals surface area contributed by atoms with E-state index < -0.39 is 69.3 Å². The second-order valence-corrected chi connectivity index (χ2v) is 3.89. The molecule has 0 unspecified atom stereocenters. The van der Waals surface area contributed by atoms with Crippen LogP contribution in [-0.4, -0.2) is 8.41 Å². The third-order valence-electron chi connectivity index (χ3n) is 2.67. The predicted octanol–water partition coefficient (Wildman–Crippen LogP) is 3.56. The van der Waals surface area contributed by atoms with Crippen molar-refractivity contribution in [3.63, 3.8) is 0 Å². The molecule has 0 bridgehead atoms. The van der Waals surface area contributed by atoms with Crippen LogP contribution in [-0.2, 0) is 0 Å². The summed E-state index contributed by atoms with van der Waals surface area (Å²) in [5.41, 5.74) is -4.52. The third kappa shape index (κ3) is 2.53. The van der Waals surface area contributed by atoms with Gasteiger partial charge in [-0.2, -0.15) is 0 Å². The van der Waals surface area contributed by atoms with Gasteiger partial charge in [-0.05, 0) is 0 Å². The number of hydrogen-bond acceptors (Lipinski definition) is 0. The van der Waals surface area contributed by atoms with Gasteiger partial charge in [0.15, 0.2) is 46.5 Å². The molecule has 0 saturated carbocycles. The summed E-state index contributed by atoms with van der Waals surface area (Å²) in [5, 5.41) is 0. The van der Waals surface area contributed by atoms with E-state index in [0.29, 0.717) is 0 Å². The maximum atomic E-state index is 13.4. The summed E-state index contributed by atoms with van der Waals surface area (Å²) < 4.78 is 131. The van der Waals surface area contributed by atoms with E-state index in [0.717, 1.165) is 0 Å². The smallest absolute Gasteiger partial charge is 0.200 e. The van der Waals surface area contributed by atoms with Crippen LogP contribution in [0, 0.1) is 58.2 Å². The Balaban J connectivity index is 0.00000264. The van der Waals surface area contributed by atoms with Gasteiger partial charge in [0.1, 0.15) is 0 Å². The van der Waals surface area contributed by atoms with Crippen molar-refractivity contribution in [1.82, 2.24) is 0 Å². The van der Waals surface area contributed by atoms with Crippen LogP contribution in [0.1, 0.15) is 0 Å². The average Bonchev–Trinajstić information content (AvgIpc) is 2.50. The lowest BCUT2D eigenvalue weighted by atomic mass is 10.0. The topological polar surface area (TPSA) is 0 Å². The van der Waals surface area contributed by atoms with Crippen molar-refractivity contribution in [2.75, 3.05) is 0 Å². The van der Waals surface area contributed by atoms with Crippen LogP contribution in [0.25, 0.3) is 11.1 Å². The first kappa shape index (κ1) is 18.9. The highest BCUT2D eigenvalue weighted by Gasteiger charge is 2.34. The van der Waals surface area contributed by atoms with Gasteiger partial charge in [0.2, 0.25) is 11.6 Å². The van der Waals surface area contributed by atoms with Gasteiger partial charge < -0.3 is 0 Å². The molecule has 124 valence electrons. The molecule has 2 rings (SSSR count). The average molecular weight is 348 g/mol. The van der Waals surface area contributed by atoms with Gasteiger partial charge in [0.25, 0.3) is 0 Å². The summed E-state index contributed by atoms with van der Waals surface area (Å²) in [6, 6.07) is 0. The molecule has 0 aromatic heterocycles. The highest BCUT2D eigenvalue weighted by atomic mass is 19.2. The van der Waals surface area contributed by atoms with Crippen LogP contribution >= 0.6 is 0 Å². The number of rotatable bonds is 1. The van der Waals surface area contributed by atoms with E-state index in [4.69, 9.17) is 0 Å². The summed E-state index contributed by atoms with van der Waals surface area (Å²) in [5.74, 6) is -26.6. The number of hydrogen-bond donors (Lipinski definition) is 0. The first-order valence-electron chi connectivity index (χ1n) is 5.14. The molecule has 0 heterocycles. The largest absolute Gasteiger partial charge is 0.203 e. The van der Waals surface area contributed by atoms with Crippen molar-refractivity contribution in [2.24, 2.45) is 0 Å². The van der Waals surface area contributed by atoms with Crippen molar-refractivity contribution in [3.8, 4) is 11.1 Å². The third-order valence-corrected chi connectivity index (χ3v) is 2.67. The summed E-state index contributed by atoms with van der Waals surface area (Å²) in [7, 11) is 0. The number of halogens is 10. The van der Waals surface area contributed by atoms with E-state index in [1.54, 1.807) is 0 Å². The molecule has 0 saturated heterocycles. The Morgan fingerprint density at radius 2 is 0.391 bits per heavy atom. The molecular weight excluding hydrogens is 345 g/mol. The second-order valence-electron chi connectivity index (χ2n) is 3.89. The molecule has 11 heteroatoms. The van der Waals surface area contributed by atoms with E-state index >= 15 is 0 Å². The quantitative estimate of drug-likeness (QED) is 0.320. The molecular formula is C12H3BF10. The zero-order valence-corrected chi connectivity index (χ0v) is 9.78. The van der Waals surface area contributed by atoms with Crippen LogP contribution in [0.5, 0.6) is 0 Å². The van der Waals surface area contributed by atoms with Crippen LogP contribution in [0.15, 0.2) is 0 Å². The fourth-order valence-electron chi connectivity index (χ4n) is 1.65. The summed E-state index contributed by atoms with van der Waals surface area (Å²) >= 11 is 0. The first-order chi connectivity index (χ1) is 10.1. The number of benzene rings is 2. The highest BCUT2D eigenvalue weighted by molar-refractivity contribution is 5.75. The van der Waals surface area contributed by atoms with E-state index in [9.17, 15) is 43.9 Å². The Hall–Kier alpha value is -2.20. The van der Waals surface area contributed by atoms with Gasteiger partial charge >= 0.3 is 0 Å². The van der Waals surface area contributed by atoms with Gasteiger partial charge in [0, 0.05) is 0 Å². The highest BCUT2D eigenvalue weighted by Crippen LogP contribution is 2.37. The normalized spacial score (nSPS) is 10.7. The van der Waals surface area contributed by atoms with Crippen molar-refractivity contribution in [1.29, 1.82) is 0 Å². The molecule has 0 amide bonds. The minimum Gasteiger partial charge on any atom is -0.203 e. The van der Waals surface area contributed by atoms with Crippen molar-refractivity contribution >= 4 is 8.41 Å². The summed E-state index contributed by atoms with van der Waals surface area (Å²) in [4.78, 5) is 0. The molecule has 0 atom stereocenters. The van der Waals surface area contributed by atoms with E-state index in [2.05, 4.69) is 0 Å². The molecule has 0 radical (unpaired) electrons. The van der Waals surface area contributed by atoms with Crippen LogP contribution in [0.4, 0.5) is 43.9 Å². The van der Waals surface area contributed by atoms with E-state index in [-0.39, 0.29) is 8.41 Å². The maximum absolute atomic E-state index is 13.4. The fourth-order valence-corrected chi connectivity index (χ4v) is 1.65. The predicted molar refractivity (Wildman–Crippen MR) is 61.4 cm³/mol. The Morgan fingerprint density at radius 1 is 0.261 bits per heavy atom. The lowest BCUT2D eigenvalue weighted by Crippen LogP contribution is -2.10. The van der Waals surface area contributed by atoms with Gasteiger partial charge in [-0.25, -0.2) is 43.9 Å². The molecule has 0 aliphatic carbocycles. The van der Waals surface area contributed by atoms with Crippen molar-refractivity contribution < 1.29 is 43.9 Å². The summed E-state index contributed by atoms with van der Waals surface area (Å²) in [6.07, 6.45) is 0. The lowest BCUT2D eigenvalue weighted by molar-refractivity contribution is 0.370. The van der Waals surface area contributed by atoms with Gasteiger partial charge in [-0.1, -0.05) is 0 Å². The maximum Gasteiger partial charge on any atom is 0.200 e. The lowest BCUT2D eigenvalue weighted by Gasteiger charge is -2.11. The zero-order valence-electron chi connectivity index (χ0n) is 9.78. The van der Waals surface area contributed by atoms with Crippen LogP contribution < -0.4 is 0 Å². The molecule has 2 aromatic carbocycles. The molecule has 0 fully saturated rings.